The number of carbonyl (C=O) groups is 2. The molecule has 0 fully saturated rings. The van der Waals surface area contributed by atoms with Crippen molar-refractivity contribution in [2.75, 3.05) is 5.32 Å². The van der Waals surface area contributed by atoms with Gasteiger partial charge in [-0.05, 0) is 5.56 Å². The first kappa shape index (κ1) is 16.7. The minimum Gasteiger partial charge on any atom is -0.480 e. The lowest BCUT2D eigenvalue weighted by Gasteiger charge is -2.07. The lowest BCUT2D eigenvalue weighted by Crippen LogP contribution is -2.16. The fourth-order valence-corrected chi connectivity index (χ4v) is 2.29. The van der Waals surface area contributed by atoms with Crippen LogP contribution < -0.4 is 5.32 Å². The number of benzene rings is 1. The predicted molar refractivity (Wildman–Crippen MR) is 88.2 cm³/mol. The number of hydrogen-bond donors (Lipinski definition) is 2. The van der Waals surface area contributed by atoms with Crippen LogP contribution in [0.15, 0.2) is 36.7 Å². The van der Waals surface area contributed by atoms with Crippen LogP contribution in [0.5, 0.6) is 0 Å². The lowest BCUT2D eigenvalue weighted by atomic mass is 10.2. The number of rotatable bonds is 5. The number of amides is 1. The number of nitrogens with zero attached hydrogens (tertiary/aromatic N) is 4. The smallest absolute Gasteiger partial charge is 0.414 e. The van der Waals surface area contributed by atoms with Crippen LogP contribution in [0.4, 0.5) is 10.7 Å². The molecule has 0 atom stereocenters. The monoisotopic (exact) mass is 361 g/mol. The van der Waals surface area contributed by atoms with Crippen LogP contribution in [0.25, 0.3) is 11.2 Å². The number of imidazole rings is 1. The van der Waals surface area contributed by atoms with Crippen LogP contribution in [-0.4, -0.2) is 36.7 Å². The van der Waals surface area contributed by atoms with Crippen molar-refractivity contribution in [1.82, 2.24) is 19.5 Å². The first-order chi connectivity index (χ1) is 12.0. The zero-order chi connectivity index (χ0) is 17.8. The number of fused-ring (bicyclic) bond motifs is 1. The second-order valence-electron chi connectivity index (χ2n) is 4.96. The summed E-state index contributed by atoms with van der Waals surface area (Å²) in [7, 11) is 0. The SMILES string of the molecule is O=C(O)Cn1cnc2c(Cl)nc(NC(=O)OCc3ccccc3)nc21. The van der Waals surface area contributed by atoms with Crippen LogP contribution >= 0.6 is 11.6 Å². The van der Waals surface area contributed by atoms with Gasteiger partial charge in [-0.1, -0.05) is 41.9 Å². The minimum atomic E-state index is -1.06. The fraction of sp³-hybridized carbons (Fsp3) is 0.133. The molecule has 25 heavy (non-hydrogen) atoms. The van der Waals surface area contributed by atoms with Crippen molar-refractivity contribution in [2.24, 2.45) is 0 Å². The molecule has 3 aromatic rings. The van der Waals surface area contributed by atoms with Gasteiger partial charge in [0.1, 0.15) is 18.7 Å². The first-order valence-corrected chi connectivity index (χ1v) is 7.48. The molecule has 2 aromatic heterocycles. The van der Waals surface area contributed by atoms with E-state index in [2.05, 4.69) is 20.3 Å². The maximum Gasteiger partial charge on any atom is 0.414 e. The maximum absolute atomic E-state index is 11.9. The molecule has 0 aliphatic heterocycles. The fourth-order valence-electron chi connectivity index (χ4n) is 2.08. The molecular weight excluding hydrogens is 350 g/mol. The first-order valence-electron chi connectivity index (χ1n) is 7.11. The molecule has 0 saturated carbocycles. The van der Waals surface area contributed by atoms with E-state index >= 15 is 0 Å². The predicted octanol–water partition coefficient (Wildman–Crippen LogP) is 2.31. The Labute approximate surface area is 146 Å². The maximum atomic E-state index is 11.9. The molecule has 0 aliphatic rings. The quantitative estimate of drug-likeness (QED) is 0.669. The van der Waals surface area contributed by atoms with Gasteiger partial charge in [-0.25, -0.2) is 9.78 Å². The van der Waals surface area contributed by atoms with Crippen molar-refractivity contribution in [1.29, 1.82) is 0 Å². The molecule has 128 valence electrons. The minimum absolute atomic E-state index is 0.00695. The third kappa shape index (κ3) is 4.01. The molecule has 0 spiro atoms. The van der Waals surface area contributed by atoms with Crippen LogP contribution in [0.2, 0.25) is 5.15 Å². The van der Waals surface area contributed by atoms with Gasteiger partial charge in [0.2, 0.25) is 5.95 Å². The number of aromatic nitrogens is 4. The summed E-state index contributed by atoms with van der Waals surface area (Å²) in [5, 5.41) is 11.2. The number of anilines is 1. The molecule has 1 aromatic carbocycles. The van der Waals surface area contributed by atoms with E-state index in [4.69, 9.17) is 21.4 Å². The van der Waals surface area contributed by atoms with Gasteiger partial charge in [-0.3, -0.25) is 10.1 Å². The van der Waals surface area contributed by atoms with E-state index in [0.29, 0.717) is 0 Å². The Morgan fingerprint density at radius 2 is 2.00 bits per heavy atom. The zero-order valence-electron chi connectivity index (χ0n) is 12.7. The van der Waals surface area contributed by atoms with E-state index in [9.17, 15) is 9.59 Å². The topological polar surface area (TPSA) is 119 Å². The molecule has 0 aliphatic carbocycles. The summed E-state index contributed by atoms with van der Waals surface area (Å²) >= 11 is 6.00. The highest BCUT2D eigenvalue weighted by molar-refractivity contribution is 6.33. The van der Waals surface area contributed by atoms with Crippen LogP contribution in [0, 0.1) is 0 Å². The van der Waals surface area contributed by atoms with E-state index in [0.717, 1.165) is 5.56 Å². The summed E-state index contributed by atoms with van der Waals surface area (Å²) in [5.41, 5.74) is 1.26. The Hall–Kier alpha value is -3.20. The zero-order valence-corrected chi connectivity index (χ0v) is 13.5. The normalized spacial score (nSPS) is 10.6. The van der Waals surface area contributed by atoms with Crippen molar-refractivity contribution in [3.05, 3.63) is 47.4 Å². The van der Waals surface area contributed by atoms with Gasteiger partial charge in [0.15, 0.2) is 10.8 Å². The lowest BCUT2D eigenvalue weighted by molar-refractivity contribution is -0.137. The molecule has 9 nitrogen and oxygen atoms in total. The van der Waals surface area contributed by atoms with Crippen molar-refractivity contribution >= 4 is 40.8 Å². The van der Waals surface area contributed by atoms with Crippen LogP contribution in [0.1, 0.15) is 5.56 Å². The van der Waals surface area contributed by atoms with Crippen molar-refractivity contribution in [3.8, 4) is 0 Å². The Morgan fingerprint density at radius 3 is 2.72 bits per heavy atom. The Bertz CT molecular complexity index is 928. The summed E-state index contributed by atoms with van der Waals surface area (Å²) in [6, 6.07) is 9.15. The summed E-state index contributed by atoms with van der Waals surface area (Å²) in [5.74, 6) is -1.17. The van der Waals surface area contributed by atoms with E-state index in [1.54, 1.807) is 0 Å². The molecular formula is C15H12ClN5O4. The average molecular weight is 362 g/mol. The highest BCUT2D eigenvalue weighted by Crippen LogP contribution is 2.20. The molecule has 2 heterocycles. The van der Waals surface area contributed by atoms with Gasteiger partial charge >= 0.3 is 12.1 Å². The van der Waals surface area contributed by atoms with Gasteiger partial charge in [0.05, 0.1) is 6.33 Å². The number of carboxylic acids is 1. The van der Waals surface area contributed by atoms with Gasteiger partial charge < -0.3 is 14.4 Å². The highest BCUT2D eigenvalue weighted by atomic mass is 35.5. The molecule has 0 unspecified atom stereocenters. The van der Waals surface area contributed by atoms with E-state index < -0.39 is 12.1 Å². The standard InChI is InChI=1S/C15H12ClN5O4/c16-12-11-13(21(8-17-11)6-10(22)23)19-14(18-12)20-15(24)25-7-9-4-2-1-3-5-9/h1-5,8H,6-7H2,(H,22,23)(H,18,19,20,24). The average Bonchev–Trinajstić information content (AvgIpc) is 2.97. The van der Waals surface area contributed by atoms with Gasteiger partial charge in [-0.15, -0.1) is 0 Å². The molecule has 3 rings (SSSR count). The highest BCUT2D eigenvalue weighted by Gasteiger charge is 2.15. The number of aliphatic carboxylic acids is 1. The van der Waals surface area contributed by atoms with Crippen LogP contribution in [0.3, 0.4) is 0 Å². The Kier molecular flexibility index (Phi) is 4.75. The van der Waals surface area contributed by atoms with Crippen LogP contribution in [-0.2, 0) is 22.7 Å². The number of carboxylic acid groups (broad SMARTS) is 1. The Balaban J connectivity index is 1.74. The van der Waals surface area contributed by atoms with Gasteiger partial charge in [-0.2, -0.15) is 9.97 Å². The number of carbonyl (C=O) groups excluding carboxylic acids is 1. The van der Waals surface area contributed by atoms with E-state index in [1.165, 1.54) is 10.9 Å². The molecule has 0 radical (unpaired) electrons. The number of hydrogen-bond acceptors (Lipinski definition) is 6. The molecule has 0 saturated heterocycles. The largest absolute Gasteiger partial charge is 0.480 e. The summed E-state index contributed by atoms with van der Waals surface area (Å²) in [6.45, 7) is -0.263. The van der Waals surface area contributed by atoms with E-state index in [-0.39, 0.29) is 35.4 Å². The van der Waals surface area contributed by atoms with Crippen molar-refractivity contribution in [2.45, 2.75) is 13.2 Å². The summed E-state index contributed by atoms with van der Waals surface area (Å²) < 4.78 is 6.35. The molecule has 2 N–H and O–H groups in total. The second-order valence-corrected chi connectivity index (χ2v) is 5.32. The number of halogens is 1. The Morgan fingerprint density at radius 1 is 1.24 bits per heavy atom. The molecule has 1 amide bonds. The molecule has 10 heteroatoms. The number of nitrogens with one attached hydrogen (secondary N) is 1. The summed E-state index contributed by atoms with van der Waals surface area (Å²) in [4.78, 5) is 34.7. The van der Waals surface area contributed by atoms with Gasteiger partial charge in [0.25, 0.3) is 0 Å². The van der Waals surface area contributed by atoms with Crippen molar-refractivity contribution < 1.29 is 19.4 Å². The van der Waals surface area contributed by atoms with Crippen molar-refractivity contribution in [3.63, 3.8) is 0 Å². The third-order valence-corrected chi connectivity index (χ3v) is 3.42. The molecule has 0 bridgehead atoms. The van der Waals surface area contributed by atoms with Gasteiger partial charge in [0, 0.05) is 0 Å². The summed E-state index contributed by atoms with van der Waals surface area (Å²) in [6.07, 6.45) is 0.528. The van der Waals surface area contributed by atoms with E-state index in [1.807, 2.05) is 30.3 Å². The number of ether oxygens (including phenoxy) is 1. The third-order valence-electron chi connectivity index (χ3n) is 3.15. The second kappa shape index (κ2) is 7.14.